The molecule has 2 bridgehead atoms. The van der Waals surface area contributed by atoms with E-state index in [0.717, 1.165) is 0 Å². The lowest BCUT2D eigenvalue weighted by atomic mass is 9.65. The summed E-state index contributed by atoms with van der Waals surface area (Å²) in [5.41, 5.74) is -2.10. The number of halogens is 1. The molecule has 114 valence electrons. The third-order valence-electron chi connectivity index (χ3n) is 4.15. The zero-order valence-electron chi connectivity index (χ0n) is 12.2. The van der Waals surface area contributed by atoms with Crippen molar-refractivity contribution in [3.63, 3.8) is 0 Å². The number of amides is 1. The summed E-state index contributed by atoms with van der Waals surface area (Å²) in [6, 6.07) is 0. The topological polar surface area (TPSA) is 66.8 Å². The van der Waals surface area contributed by atoms with Gasteiger partial charge < -0.3 is 14.7 Å². The van der Waals surface area contributed by atoms with Gasteiger partial charge in [-0.3, -0.25) is 4.79 Å². The number of carboxylic acid groups (broad SMARTS) is 1. The lowest BCUT2D eigenvalue weighted by molar-refractivity contribution is -0.166. The molecular formula is C14H22FNO4. The van der Waals surface area contributed by atoms with E-state index in [0.29, 0.717) is 12.8 Å². The number of carbonyl (C=O) groups is 2. The Bertz CT molecular complexity index is 420. The lowest BCUT2D eigenvalue weighted by Crippen LogP contribution is -2.62. The average molecular weight is 287 g/mol. The molecule has 2 fully saturated rings. The highest BCUT2D eigenvalue weighted by atomic mass is 19.1. The highest BCUT2D eigenvalue weighted by Gasteiger charge is 2.57. The first-order chi connectivity index (χ1) is 9.16. The summed E-state index contributed by atoms with van der Waals surface area (Å²) in [5, 5.41) is 9.42. The molecule has 1 saturated carbocycles. The van der Waals surface area contributed by atoms with Gasteiger partial charge in [0.2, 0.25) is 0 Å². The van der Waals surface area contributed by atoms with E-state index in [1.54, 1.807) is 20.8 Å². The van der Waals surface area contributed by atoms with Gasteiger partial charge in [-0.05, 0) is 33.6 Å². The van der Waals surface area contributed by atoms with Crippen LogP contribution in [0, 0.1) is 11.3 Å². The number of piperidine rings is 1. The molecule has 20 heavy (non-hydrogen) atoms. The van der Waals surface area contributed by atoms with Crippen molar-refractivity contribution < 1.29 is 23.8 Å². The van der Waals surface area contributed by atoms with E-state index in [9.17, 15) is 19.1 Å². The third-order valence-corrected chi connectivity index (χ3v) is 4.15. The number of aliphatic carboxylic acids is 1. The molecule has 3 unspecified atom stereocenters. The van der Waals surface area contributed by atoms with Crippen molar-refractivity contribution in [2.24, 2.45) is 11.3 Å². The molecule has 2 rings (SSSR count). The summed E-state index contributed by atoms with van der Waals surface area (Å²) in [7, 11) is 0. The van der Waals surface area contributed by atoms with Crippen LogP contribution in [0.15, 0.2) is 0 Å². The Morgan fingerprint density at radius 3 is 2.60 bits per heavy atom. The summed E-state index contributed by atoms with van der Waals surface area (Å²) in [4.78, 5) is 25.0. The van der Waals surface area contributed by atoms with Crippen LogP contribution in [0.1, 0.15) is 40.0 Å². The maximum Gasteiger partial charge on any atom is 0.410 e. The Morgan fingerprint density at radius 1 is 1.40 bits per heavy atom. The van der Waals surface area contributed by atoms with E-state index < -0.39 is 35.2 Å². The first-order valence-corrected chi connectivity index (χ1v) is 7.01. The van der Waals surface area contributed by atoms with E-state index in [4.69, 9.17) is 4.74 Å². The van der Waals surface area contributed by atoms with Gasteiger partial charge in [-0.2, -0.15) is 0 Å². The van der Waals surface area contributed by atoms with E-state index in [2.05, 4.69) is 0 Å². The lowest BCUT2D eigenvalue weighted by Gasteiger charge is -2.49. The number of hydrogen-bond donors (Lipinski definition) is 1. The molecule has 5 nitrogen and oxygen atoms in total. The number of alkyl halides is 1. The van der Waals surface area contributed by atoms with Crippen molar-refractivity contribution in [1.29, 1.82) is 0 Å². The first kappa shape index (κ1) is 15.1. The van der Waals surface area contributed by atoms with Crippen molar-refractivity contribution in [2.45, 2.75) is 51.8 Å². The van der Waals surface area contributed by atoms with Gasteiger partial charge in [-0.1, -0.05) is 6.42 Å². The number of fused-ring (bicyclic) bond motifs is 2. The predicted molar refractivity (Wildman–Crippen MR) is 70.1 cm³/mol. The molecule has 0 aromatic carbocycles. The van der Waals surface area contributed by atoms with Crippen LogP contribution in [0.5, 0.6) is 0 Å². The molecule has 0 spiro atoms. The summed E-state index contributed by atoms with van der Waals surface area (Å²) < 4.78 is 19.7. The van der Waals surface area contributed by atoms with Gasteiger partial charge in [0.05, 0.1) is 0 Å². The van der Waals surface area contributed by atoms with Gasteiger partial charge in [0.1, 0.15) is 17.2 Å². The molecule has 0 aromatic rings. The molecule has 1 aliphatic heterocycles. The molecule has 1 heterocycles. The highest BCUT2D eigenvalue weighted by molar-refractivity contribution is 5.78. The van der Waals surface area contributed by atoms with Crippen molar-refractivity contribution in [3.05, 3.63) is 0 Å². The van der Waals surface area contributed by atoms with Gasteiger partial charge >= 0.3 is 12.1 Å². The van der Waals surface area contributed by atoms with Crippen LogP contribution in [0.3, 0.4) is 0 Å². The number of rotatable bonds is 1. The van der Waals surface area contributed by atoms with Crippen LogP contribution >= 0.6 is 0 Å². The monoisotopic (exact) mass is 287 g/mol. The largest absolute Gasteiger partial charge is 0.481 e. The zero-order valence-corrected chi connectivity index (χ0v) is 12.2. The summed E-state index contributed by atoms with van der Waals surface area (Å²) in [5.74, 6) is -1.55. The maximum absolute atomic E-state index is 14.4. The smallest absolute Gasteiger partial charge is 0.410 e. The Morgan fingerprint density at radius 2 is 2.05 bits per heavy atom. The Balaban J connectivity index is 2.19. The quantitative estimate of drug-likeness (QED) is 0.804. The van der Waals surface area contributed by atoms with Crippen molar-refractivity contribution in [3.8, 4) is 0 Å². The Hall–Kier alpha value is -1.33. The molecule has 0 aromatic heterocycles. The number of nitrogens with zero attached hydrogens (tertiary/aromatic N) is 1. The number of likely N-dealkylation sites (tertiary alicyclic amines) is 1. The van der Waals surface area contributed by atoms with Crippen LogP contribution in [-0.2, 0) is 9.53 Å². The maximum atomic E-state index is 14.4. The van der Waals surface area contributed by atoms with E-state index in [1.807, 2.05) is 0 Å². The van der Waals surface area contributed by atoms with E-state index in [-0.39, 0.29) is 19.5 Å². The normalized spacial score (nSPS) is 33.7. The third kappa shape index (κ3) is 2.60. The minimum Gasteiger partial charge on any atom is -0.481 e. The fourth-order valence-corrected chi connectivity index (χ4v) is 3.21. The molecule has 1 amide bonds. The van der Waals surface area contributed by atoms with Crippen LogP contribution in [0.2, 0.25) is 0 Å². The second-order valence-electron chi connectivity index (χ2n) is 6.88. The van der Waals surface area contributed by atoms with Crippen molar-refractivity contribution in [2.75, 3.05) is 13.1 Å². The number of carbonyl (C=O) groups excluding carboxylic acids is 1. The fourth-order valence-electron chi connectivity index (χ4n) is 3.21. The molecule has 1 N–H and O–H groups in total. The average Bonchev–Trinajstić information content (AvgIpc) is 2.25. The molecule has 1 saturated heterocycles. The number of ether oxygens (including phenoxy) is 1. The standard InChI is InChI=1S/C14H22FNO4/c1-13(2,3)20-12(19)16-7-9-5-4-6-14(8-16,10(9)15)11(17)18/h9-10H,4-8H2,1-3H3,(H,17,18). The molecule has 6 heteroatoms. The number of carboxylic acids is 1. The molecule has 0 radical (unpaired) electrons. The summed E-state index contributed by atoms with van der Waals surface area (Å²) in [6.45, 7) is 5.39. The Kier molecular flexibility index (Phi) is 3.69. The zero-order chi connectivity index (χ0) is 15.1. The van der Waals surface area contributed by atoms with Gasteiger partial charge in [0.25, 0.3) is 0 Å². The van der Waals surface area contributed by atoms with Crippen LogP contribution in [0.25, 0.3) is 0 Å². The van der Waals surface area contributed by atoms with Crippen LogP contribution < -0.4 is 0 Å². The van der Waals surface area contributed by atoms with Gasteiger partial charge in [-0.15, -0.1) is 0 Å². The molecule has 1 aliphatic carbocycles. The predicted octanol–water partition coefficient (Wildman–Crippen LogP) is 2.45. The highest BCUT2D eigenvalue weighted by Crippen LogP contribution is 2.46. The fraction of sp³-hybridized carbons (Fsp3) is 0.857. The summed E-state index contributed by atoms with van der Waals surface area (Å²) in [6.07, 6.45) is -0.344. The minimum atomic E-state index is -1.46. The second kappa shape index (κ2) is 4.90. The molecule has 3 atom stereocenters. The summed E-state index contributed by atoms with van der Waals surface area (Å²) >= 11 is 0. The van der Waals surface area contributed by atoms with E-state index >= 15 is 0 Å². The number of hydrogen-bond acceptors (Lipinski definition) is 3. The van der Waals surface area contributed by atoms with Gasteiger partial charge in [0.15, 0.2) is 0 Å². The molecular weight excluding hydrogens is 265 g/mol. The molecule has 2 aliphatic rings. The van der Waals surface area contributed by atoms with Crippen LogP contribution in [0.4, 0.5) is 9.18 Å². The van der Waals surface area contributed by atoms with Crippen LogP contribution in [-0.4, -0.2) is 46.9 Å². The van der Waals surface area contributed by atoms with Gasteiger partial charge in [0, 0.05) is 19.0 Å². The van der Waals surface area contributed by atoms with Crippen molar-refractivity contribution in [1.82, 2.24) is 4.90 Å². The second-order valence-corrected chi connectivity index (χ2v) is 6.88. The SMILES string of the molecule is CC(C)(C)OC(=O)N1CC2CCCC(C(=O)O)(C1)C2F. The van der Waals surface area contributed by atoms with Crippen molar-refractivity contribution >= 4 is 12.1 Å². The minimum absolute atomic E-state index is 0.102. The first-order valence-electron chi connectivity index (χ1n) is 7.01. The van der Waals surface area contributed by atoms with E-state index in [1.165, 1.54) is 4.90 Å². The Labute approximate surface area is 118 Å². The van der Waals surface area contributed by atoms with Gasteiger partial charge in [-0.25, -0.2) is 9.18 Å².